The third-order valence-corrected chi connectivity index (χ3v) is 2.19. The van der Waals surface area contributed by atoms with Crippen LogP contribution in [0.4, 0.5) is 0 Å². The van der Waals surface area contributed by atoms with Gasteiger partial charge in [0.25, 0.3) is 0 Å². The van der Waals surface area contributed by atoms with Crippen molar-refractivity contribution in [3.63, 3.8) is 0 Å². The van der Waals surface area contributed by atoms with E-state index in [9.17, 15) is 0 Å². The van der Waals surface area contributed by atoms with E-state index >= 15 is 0 Å². The summed E-state index contributed by atoms with van der Waals surface area (Å²) in [7, 11) is 0. The molecule has 1 heterocycles. The molecule has 0 aromatic heterocycles. The number of rotatable bonds is 0. The lowest BCUT2D eigenvalue weighted by molar-refractivity contribution is -0.246. The number of ether oxygens (including phenoxy) is 2. The van der Waals surface area contributed by atoms with Crippen LogP contribution in [0.3, 0.4) is 0 Å². The van der Waals surface area contributed by atoms with Gasteiger partial charge in [0.2, 0.25) is 0 Å². The molecule has 2 nitrogen and oxygen atoms in total. The monoisotopic (exact) mass is 144 g/mol. The summed E-state index contributed by atoms with van der Waals surface area (Å²) in [5.74, 6) is 0. The molecule has 2 atom stereocenters. The SMILES string of the molecule is CC1OCC(C)(C)C(C)O1. The lowest BCUT2D eigenvalue weighted by atomic mass is 9.88. The van der Waals surface area contributed by atoms with Crippen LogP contribution in [-0.4, -0.2) is 19.0 Å². The molecule has 1 rings (SSSR count). The molecule has 0 aromatic rings. The van der Waals surface area contributed by atoms with Crippen molar-refractivity contribution >= 4 is 0 Å². The Kier molecular flexibility index (Phi) is 2.02. The average molecular weight is 144 g/mol. The van der Waals surface area contributed by atoms with Gasteiger partial charge in [0, 0.05) is 5.41 Å². The van der Waals surface area contributed by atoms with Gasteiger partial charge < -0.3 is 9.47 Å². The van der Waals surface area contributed by atoms with Crippen molar-refractivity contribution in [3.05, 3.63) is 0 Å². The highest BCUT2D eigenvalue weighted by atomic mass is 16.7. The first-order chi connectivity index (χ1) is 4.52. The van der Waals surface area contributed by atoms with E-state index in [0.29, 0.717) is 6.10 Å². The Morgan fingerprint density at radius 3 is 2.30 bits per heavy atom. The van der Waals surface area contributed by atoms with E-state index in [2.05, 4.69) is 20.8 Å². The molecule has 2 heteroatoms. The van der Waals surface area contributed by atoms with Gasteiger partial charge in [0.05, 0.1) is 12.7 Å². The standard InChI is InChI=1S/C8H16O2/c1-6-8(3,4)5-9-7(2)10-6/h6-7H,5H2,1-4H3. The quantitative estimate of drug-likeness (QED) is 0.516. The van der Waals surface area contributed by atoms with Crippen LogP contribution >= 0.6 is 0 Å². The maximum absolute atomic E-state index is 5.48. The van der Waals surface area contributed by atoms with Crippen LogP contribution in [0.15, 0.2) is 0 Å². The van der Waals surface area contributed by atoms with Gasteiger partial charge in [-0.1, -0.05) is 13.8 Å². The molecular formula is C8H16O2. The minimum Gasteiger partial charge on any atom is -0.352 e. The second kappa shape index (κ2) is 2.51. The van der Waals surface area contributed by atoms with E-state index in [-0.39, 0.29) is 11.7 Å². The summed E-state index contributed by atoms with van der Waals surface area (Å²) >= 11 is 0. The maximum atomic E-state index is 5.48. The normalized spacial score (nSPS) is 39.6. The van der Waals surface area contributed by atoms with E-state index < -0.39 is 0 Å². The smallest absolute Gasteiger partial charge is 0.155 e. The van der Waals surface area contributed by atoms with Gasteiger partial charge in [-0.3, -0.25) is 0 Å². The summed E-state index contributed by atoms with van der Waals surface area (Å²) in [4.78, 5) is 0. The summed E-state index contributed by atoms with van der Waals surface area (Å²) in [5, 5.41) is 0. The summed E-state index contributed by atoms with van der Waals surface area (Å²) in [6.45, 7) is 9.15. The molecule has 0 N–H and O–H groups in total. The Balaban J connectivity index is 2.52. The second-order valence-electron chi connectivity index (χ2n) is 3.65. The highest BCUT2D eigenvalue weighted by Gasteiger charge is 2.33. The Morgan fingerprint density at radius 1 is 1.30 bits per heavy atom. The van der Waals surface area contributed by atoms with E-state index in [1.165, 1.54) is 0 Å². The molecule has 1 aliphatic heterocycles. The molecule has 1 saturated heterocycles. The van der Waals surface area contributed by atoms with Crippen LogP contribution < -0.4 is 0 Å². The van der Waals surface area contributed by atoms with Gasteiger partial charge in [0.1, 0.15) is 0 Å². The Bertz CT molecular complexity index is 120. The molecule has 0 saturated carbocycles. The first kappa shape index (κ1) is 8.02. The second-order valence-corrected chi connectivity index (χ2v) is 3.65. The average Bonchev–Trinajstić information content (AvgIpc) is 1.81. The van der Waals surface area contributed by atoms with Crippen LogP contribution in [-0.2, 0) is 9.47 Å². The Morgan fingerprint density at radius 2 is 1.90 bits per heavy atom. The molecule has 0 bridgehead atoms. The first-order valence-corrected chi connectivity index (χ1v) is 3.79. The third-order valence-electron chi connectivity index (χ3n) is 2.19. The van der Waals surface area contributed by atoms with Gasteiger partial charge >= 0.3 is 0 Å². The van der Waals surface area contributed by atoms with Crippen molar-refractivity contribution in [1.82, 2.24) is 0 Å². The zero-order valence-electron chi connectivity index (χ0n) is 7.18. The molecular weight excluding hydrogens is 128 g/mol. The third kappa shape index (κ3) is 1.50. The van der Waals surface area contributed by atoms with Gasteiger partial charge in [-0.2, -0.15) is 0 Å². The highest BCUT2D eigenvalue weighted by molar-refractivity contribution is 4.78. The van der Waals surface area contributed by atoms with E-state index in [1.54, 1.807) is 0 Å². The molecule has 10 heavy (non-hydrogen) atoms. The highest BCUT2D eigenvalue weighted by Crippen LogP contribution is 2.29. The first-order valence-electron chi connectivity index (χ1n) is 3.79. The Hall–Kier alpha value is -0.0800. The fraction of sp³-hybridized carbons (Fsp3) is 1.00. The van der Waals surface area contributed by atoms with Crippen LogP contribution in [0.1, 0.15) is 27.7 Å². The van der Waals surface area contributed by atoms with Crippen LogP contribution in [0.5, 0.6) is 0 Å². The lowest BCUT2D eigenvalue weighted by Crippen LogP contribution is -2.42. The molecule has 1 fully saturated rings. The van der Waals surface area contributed by atoms with Crippen molar-refractivity contribution < 1.29 is 9.47 Å². The topological polar surface area (TPSA) is 18.5 Å². The van der Waals surface area contributed by atoms with Crippen LogP contribution in [0.2, 0.25) is 0 Å². The van der Waals surface area contributed by atoms with Crippen molar-refractivity contribution in [2.45, 2.75) is 40.1 Å². The van der Waals surface area contributed by atoms with E-state index in [0.717, 1.165) is 6.61 Å². The summed E-state index contributed by atoms with van der Waals surface area (Å²) in [6, 6.07) is 0. The number of hydrogen-bond donors (Lipinski definition) is 0. The van der Waals surface area contributed by atoms with Gasteiger partial charge in [-0.15, -0.1) is 0 Å². The predicted molar refractivity (Wildman–Crippen MR) is 39.7 cm³/mol. The fourth-order valence-corrected chi connectivity index (χ4v) is 0.960. The molecule has 0 spiro atoms. The van der Waals surface area contributed by atoms with Crippen LogP contribution in [0, 0.1) is 5.41 Å². The van der Waals surface area contributed by atoms with Crippen molar-refractivity contribution in [2.24, 2.45) is 5.41 Å². The maximum Gasteiger partial charge on any atom is 0.155 e. The molecule has 1 aliphatic rings. The zero-order chi connectivity index (χ0) is 7.78. The largest absolute Gasteiger partial charge is 0.352 e. The summed E-state index contributed by atoms with van der Waals surface area (Å²) in [5.41, 5.74) is 0.173. The zero-order valence-corrected chi connectivity index (χ0v) is 7.18. The van der Waals surface area contributed by atoms with Crippen LogP contribution in [0.25, 0.3) is 0 Å². The predicted octanol–water partition coefficient (Wildman–Crippen LogP) is 1.79. The summed E-state index contributed by atoms with van der Waals surface area (Å²) in [6.07, 6.45) is 0.277. The van der Waals surface area contributed by atoms with Crippen molar-refractivity contribution in [1.29, 1.82) is 0 Å². The minimum atomic E-state index is -0.0250. The van der Waals surface area contributed by atoms with Crippen molar-refractivity contribution in [2.75, 3.05) is 6.61 Å². The lowest BCUT2D eigenvalue weighted by Gasteiger charge is -2.39. The molecule has 0 amide bonds. The van der Waals surface area contributed by atoms with Gasteiger partial charge in [-0.25, -0.2) is 0 Å². The van der Waals surface area contributed by atoms with Gasteiger partial charge in [-0.05, 0) is 13.8 Å². The Labute approximate surface area is 62.5 Å². The molecule has 2 unspecified atom stereocenters. The van der Waals surface area contributed by atoms with E-state index in [1.807, 2.05) is 6.92 Å². The molecule has 0 aromatic carbocycles. The van der Waals surface area contributed by atoms with E-state index in [4.69, 9.17) is 9.47 Å². The van der Waals surface area contributed by atoms with Crippen molar-refractivity contribution in [3.8, 4) is 0 Å². The van der Waals surface area contributed by atoms with Gasteiger partial charge in [0.15, 0.2) is 6.29 Å². The minimum absolute atomic E-state index is 0.0250. The number of hydrogen-bond acceptors (Lipinski definition) is 2. The summed E-state index contributed by atoms with van der Waals surface area (Å²) < 4.78 is 10.8. The molecule has 0 aliphatic carbocycles. The molecule has 60 valence electrons. The fourth-order valence-electron chi connectivity index (χ4n) is 0.960. The molecule has 0 radical (unpaired) electrons.